The second kappa shape index (κ2) is 4.20. The van der Waals surface area contributed by atoms with Gasteiger partial charge in [0.05, 0.1) is 18.6 Å². The molecule has 14 atom stereocenters. The minimum absolute atomic E-state index is 0.0476. The van der Waals surface area contributed by atoms with Crippen molar-refractivity contribution in [1.82, 2.24) is 0 Å². The Bertz CT molecular complexity index is 803. The van der Waals surface area contributed by atoms with Gasteiger partial charge in [-0.15, -0.1) is 0 Å². The van der Waals surface area contributed by atoms with Crippen LogP contribution in [-0.4, -0.2) is 24.3 Å². The van der Waals surface area contributed by atoms with Crippen molar-refractivity contribution in [3.8, 4) is 0 Å². The van der Waals surface area contributed by atoms with Crippen molar-refractivity contribution in [2.24, 2.45) is 75.4 Å². The summed E-state index contributed by atoms with van der Waals surface area (Å²) in [5.74, 6) is 5.83. The third-order valence-electron chi connectivity index (χ3n) is 12.0. The first-order valence-corrected chi connectivity index (χ1v) is 11.3. The Labute approximate surface area is 161 Å². The van der Waals surface area contributed by atoms with Crippen LogP contribution in [0.25, 0.3) is 0 Å². The molecule has 3 nitrogen and oxygen atoms in total. The van der Waals surface area contributed by atoms with Crippen molar-refractivity contribution in [2.75, 3.05) is 7.11 Å². The third kappa shape index (κ3) is 1.22. The van der Waals surface area contributed by atoms with Gasteiger partial charge >= 0.3 is 5.97 Å². The topological polar surface area (TPSA) is 46.5 Å². The fourth-order valence-corrected chi connectivity index (χ4v) is 12.0. The number of ether oxygens (including phenoxy) is 1. The van der Waals surface area contributed by atoms with Gasteiger partial charge in [0.15, 0.2) is 0 Å². The van der Waals surface area contributed by atoms with Gasteiger partial charge in [0.2, 0.25) is 0 Å². The molecular formula is C24H32O3. The Kier molecular flexibility index (Phi) is 2.49. The van der Waals surface area contributed by atoms with Crippen LogP contribution in [0.1, 0.15) is 40.0 Å². The molecule has 1 N–H and O–H groups in total. The van der Waals surface area contributed by atoms with E-state index in [2.05, 4.69) is 32.9 Å². The molecular weight excluding hydrogens is 336 g/mol. The molecule has 7 aliphatic rings. The van der Waals surface area contributed by atoms with E-state index in [4.69, 9.17) is 4.74 Å². The first-order chi connectivity index (χ1) is 12.8. The highest BCUT2D eigenvalue weighted by Gasteiger charge is 2.88. The van der Waals surface area contributed by atoms with E-state index in [-0.39, 0.29) is 28.3 Å². The smallest absolute Gasteiger partial charge is 0.312 e. The Hall–Kier alpha value is -0.830. The summed E-state index contributed by atoms with van der Waals surface area (Å²) in [4.78, 5) is 13.3. The van der Waals surface area contributed by atoms with Gasteiger partial charge in [-0.2, -0.15) is 0 Å². The van der Waals surface area contributed by atoms with Crippen LogP contribution in [0.3, 0.4) is 0 Å². The molecule has 0 bridgehead atoms. The zero-order chi connectivity index (χ0) is 18.7. The van der Waals surface area contributed by atoms with E-state index in [1.165, 1.54) is 6.42 Å². The molecule has 0 radical (unpaired) electrons. The Morgan fingerprint density at radius 1 is 1.04 bits per heavy atom. The fourth-order valence-electron chi connectivity index (χ4n) is 12.0. The minimum atomic E-state index is -0.319. The van der Waals surface area contributed by atoms with Crippen molar-refractivity contribution < 1.29 is 14.6 Å². The fraction of sp³-hybridized carbons (Fsp3) is 0.875. The van der Waals surface area contributed by atoms with Crippen LogP contribution in [0.2, 0.25) is 0 Å². The van der Waals surface area contributed by atoms with E-state index in [1.54, 1.807) is 7.11 Å². The van der Waals surface area contributed by atoms with E-state index >= 15 is 0 Å². The van der Waals surface area contributed by atoms with Gasteiger partial charge in [-0.05, 0) is 90.8 Å². The van der Waals surface area contributed by atoms with E-state index in [1.807, 2.05) is 0 Å². The van der Waals surface area contributed by atoms with Crippen LogP contribution in [0.15, 0.2) is 12.2 Å². The second-order valence-electron chi connectivity index (χ2n) is 11.9. The molecule has 0 unspecified atom stereocenters. The summed E-state index contributed by atoms with van der Waals surface area (Å²) in [5.41, 5.74) is -0.210. The normalized spacial score (nSPS) is 70.8. The van der Waals surface area contributed by atoms with Crippen LogP contribution in [0.5, 0.6) is 0 Å². The van der Waals surface area contributed by atoms with Crippen LogP contribution in [0, 0.1) is 75.4 Å². The Balaban J connectivity index is 1.52. The zero-order valence-electron chi connectivity index (χ0n) is 16.9. The van der Waals surface area contributed by atoms with Gasteiger partial charge in [0.1, 0.15) is 0 Å². The first kappa shape index (κ1) is 16.0. The Morgan fingerprint density at radius 3 is 2.48 bits per heavy atom. The minimum Gasteiger partial charge on any atom is -0.469 e. The second-order valence-corrected chi connectivity index (χ2v) is 11.9. The van der Waals surface area contributed by atoms with E-state index in [0.717, 1.165) is 12.8 Å². The van der Waals surface area contributed by atoms with Crippen molar-refractivity contribution >= 4 is 5.97 Å². The maximum Gasteiger partial charge on any atom is 0.312 e. The lowest BCUT2D eigenvalue weighted by Gasteiger charge is -2.41. The monoisotopic (exact) mass is 368 g/mol. The molecule has 6 fully saturated rings. The molecule has 7 aliphatic carbocycles. The lowest BCUT2D eigenvalue weighted by Crippen LogP contribution is -2.45. The largest absolute Gasteiger partial charge is 0.469 e. The molecule has 0 aromatic heterocycles. The maximum atomic E-state index is 13.3. The third-order valence-corrected chi connectivity index (χ3v) is 12.0. The molecule has 0 aromatic carbocycles. The summed E-state index contributed by atoms with van der Waals surface area (Å²) in [6.45, 7) is 7.12. The summed E-state index contributed by atoms with van der Waals surface area (Å²) in [6.07, 6.45) is 8.13. The predicted octanol–water partition coefficient (Wildman–Crippen LogP) is 3.52. The number of fused-ring (bicyclic) bond motifs is 5. The van der Waals surface area contributed by atoms with Crippen molar-refractivity contribution in [2.45, 2.75) is 46.1 Å². The van der Waals surface area contributed by atoms with Crippen LogP contribution < -0.4 is 0 Å². The SMILES string of the molecule is COC(=O)[C@@]1(C)[C@@H]2[C@H]3CC[C@]4(C)[C@H]3[C@@H]3[C@H]2[C@@H]2[C@@H]1[C@H]1CC=C[C@@H]1[C@@H]2[C@]3(C)[C@H]4O. The number of aliphatic hydroxyl groups is 1. The number of carbonyl (C=O) groups excluding carboxylic acids is 1. The Morgan fingerprint density at radius 2 is 1.74 bits per heavy atom. The van der Waals surface area contributed by atoms with E-state index < -0.39 is 0 Å². The number of hydrogen-bond acceptors (Lipinski definition) is 3. The highest BCUT2D eigenvalue weighted by molar-refractivity contribution is 5.78. The summed E-state index contributed by atoms with van der Waals surface area (Å²) in [7, 11) is 1.60. The van der Waals surface area contributed by atoms with E-state index in [0.29, 0.717) is 59.2 Å². The lowest BCUT2D eigenvalue weighted by atomic mass is 9.64. The quantitative estimate of drug-likeness (QED) is 0.569. The average molecular weight is 369 g/mol. The molecule has 7 rings (SSSR count). The van der Waals surface area contributed by atoms with Crippen LogP contribution in [-0.2, 0) is 9.53 Å². The summed E-state index contributed by atoms with van der Waals surface area (Å²) >= 11 is 0. The first-order valence-electron chi connectivity index (χ1n) is 11.3. The summed E-state index contributed by atoms with van der Waals surface area (Å²) < 4.78 is 5.50. The van der Waals surface area contributed by atoms with Crippen LogP contribution in [0.4, 0.5) is 0 Å². The van der Waals surface area contributed by atoms with Crippen molar-refractivity contribution in [1.29, 1.82) is 0 Å². The number of hydrogen-bond donors (Lipinski definition) is 1. The molecule has 3 heteroatoms. The molecule has 0 aliphatic heterocycles. The van der Waals surface area contributed by atoms with Gasteiger partial charge in [-0.3, -0.25) is 4.79 Å². The number of esters is 1. The number of methoxy groups -OCH3 is 1. The number of aliphatic hydroxyl groups excluding tert-OH is 1. The highest BCUT2D eigenvalue weighted by Crippen LogP contribution is 2.89. The van der Waals surface area contributed by atoms with Gasteiger partial charge < -0.3 is 9.84 Å². The standard InChI is InChI=1S/C24H32O3/c1-22-9-8-12-17-14-13-15(23(2,20(22)25)19(14)18(12)22)10-6-5-7-11(10)16(13)24(17,3)21(26)27-4/h5-6,10-20,25H,7-9H2,1-4H3/t10-,11-,12+,13-,14-,15-,16-,17+,18+,19-,20-,22+,23-,24+/m0/s1. The van der Waals surface area contributed by atoms with Gasteiger partial charge in [-0.1, -0.05) is 26.0 Å². The maximum absolute atomic E-state index is 13.3. The number of rotatable bonds is 1. The lowest BCUT2D eigenvalue weighted by molar-refractivity contribution is -0.160. The molecule has 0 saturated heterocycles. The summed E-state index contributed by atoms with van der Waals surface area (Å²) in [6, 6.07) is 0. The van der Waals surface area contributed by atoms with Crippen LogP contribution >= 0.6 is 0 Å². The van der Waals surface area contributed by atoms with Crippen molar-refractivity contribution in [3.63, 3.8) is 0 Å². The molecule has 146 valence electrons. The average Bonchev–Trinajstić information content (AvgIpc) is 3.42. The number of carbonyl (C=O) groups is 1. The van der Waals surface area contributed by atoms with Crippen molar-refractivity contribution in [3.05, 3.63) is 12.2 Å². The summed E-state index contributed by atoms with van der Waals surface area (Å²) in [5, 5.41) is 11.8. The molecule has 0 spiro atoms. The molecule has 6 saturated carbocycles. The van der Waals surface area contributed by atoms with Gasteiger partial charge in [0, 0.05) is 5.41 Å². The highest BCUT2D eigenvalue weighted by atomic mass is 16.5. The molecule has 0 amide bonds. The predicted molar refractivity (Wildman–Crippen MR) is 100 cm³/mol. The van der Waals surface area contributed by atoms with E-state index in [9.17, 15) is 9.90 Å². The van der Waals surface area contributed by atoms with Gasteiger partial charge in [0.25, 0.3) is 0 Å². The number of allylic oxidation sites excluding steroid dienone is 2. The van der Waals surface area contributed by atoms with Gasteiger partial charge in [-0.25, -0.2) is 0 Å². The molecule has 27 heavy (non-hydrogen) atoms. The molecule has 0 heterocycles. The molecule has 0 aromatic rings. The zero-order valence-corrected chi connectivity index (χ0v) is 16.9.